The van der Waals surface area contributed by atoms with E-state index in [4.69, 9.17) is 5.11 Å². The first-order valence-corrected chi connectivity index (χ1v) is 2.44. The van der Waals surface area contributed by atoms with E-state index in [0.717, 1.165) is 0 Å². The lowest BCUT2D eigenvalue weighted by Gasteiger charge is -2.26. The van der Waals surface area contributed by atoms with Crippen LogP contribution < -0.4 is 6.15 Å². The zero-order valence-electron chi connectivity index (χ0n) is 6.59. The molecule has 3 nitrogen and oxygen atoms in total. The van der Waals surface area contributed by atoms with E-state index in [0.29, 0.717) is 4.48 Å². The van der Waals surface area contributed by atoms with E-state index in [1.165, 1.54) is 0 Å². The lowest BCUT2D eigenvalue weighted by atomic mass is 10.5. The topological polar surface area (TPSA) is 55.2 Å². The summed E-state index contributed by atoms with van der Waals surface area (Å²) in [5, 5.41) is 8.86. The average molecular weight is 158 g/mol. The van der Waals surface area contributed by atoms with Crippen LogP contribution in [0.3, 0.4) is 0 Å². The fourth-order valence-electron chi connectivity index (χ4n) is 0. The highest BCUT2D eigenvalue weighted by Crippen LogP contribution is 1.94. The van der Waals surface area contributed by atoms with Gasteiger partial charge in [0.1, 0.15) is 0 Å². The molecule has 0 bridgehead atoms. The molecule has 9 heavy (non-hydrogen) atoms. The molecule has 0 saturated carbocycles. The van der Waals surface area contributed by atoms with Gasteiger partial charge in [-0.1, -0.05) is 0 Å². The van der Waals surface area contributed by atoms with Crippen LogP contribution in [0.1, 0.15) is 6.92 Å². The SMILES string of the molecule is CC(O)[N+](C)(C)C.Cl.N. The van der Waals surface area contributed by atoms with Crippen molar-refractivity contribution in [3.63, 3.8) is 0 Å². The largest absolute Gasteiger partial charge is 0.345 e. The van der Waals surface area contributed by atoms with Gasteiger partial charge in [0.15, 0.2) is 6.23 Å². The molecule has 0 aromatic heterocycles. The Hall–Kier alpha value is 0.170. The zero-order chi connectivity index (χ0) is 6.08. The second-order valence-corrected chi connectivity index (χ2v) is 2.75. The summed E-state index contributed by atoms with van der Waals surface area (Å²) in [7, 11) is 5.85. The number of aliphatic hydroxyl groups excluding tert-OH is 1. The summed E-state index contributed by atoms with van der Waals surface area (Å²) in [6.45, 7) is 1.78. The summed E-state index contributed by atoms with van der Waals surface area (Å²) in [6, 6.07) is 0. The Labute approximate surface area is 63.3 Å². The second kappa shape index (κ2) is 4.99. The first-order valence-electron chi connectivity index (χ1n) is 2.44. The smallest absolute Gasteiger partial charge is 0.187 e. The van der Waals surface area contributed by atoms with Crippen LogP contribution in [0.2, 0.25) is 0 Å². The van der Waals surface area contributed by atoms with Gasteiger partial charge in [-0.2, -0.15) is 0 Å². The minimum absolute atomic E-state index is 0. The van der Waals surface area contributed by atoms with Crippen molar-refractivity contribution in [2.24, 2.45) is 0 Å². The van der Waals surface area contributed by atoms with Crippen LogP contribution in [-0.2, 0) is 0 Å². The van der Waals surface area contributed by atoms with Crippen molar-refractivity contribution in [2.75, 3.05) is 21.1 Å². The van der Waals surface area contributed by atoms with Crippen LogP contribution in [0.4, 0.5) is 0 Å². The first kappa shape index (κ1) is 16.1. The molecule has 0 aromatic rings. The minimum Gasteiger partial charge on any atom is -0.345 e. The van der Waals surface area contributed by atoms with Crippen LogP contribution >= 0.6 is 12.4 Å². The summed E-state index contributed by atoms with van der Waals surface area (Å²) in [4.78, 5) is 0. The maximum Gasteiger partial charge on any atom is 0.187 e. The maximum absolute atomic E-state index is 8.86. The fraction of sp³-hybridized carbons (Fsp3) is 1.00. The molecule has 0 amide bonds. The Morgan fingerprint density at radius 1 is 1.22 bits per heavy atom. The van der Waals surface area contributed by atoms with Crippen molar-refractivity contribution in [3.8, 4) is 0 Å². The molecule has 0 heterocycles. The zero-order valence-corrected chi connectivity index (χ0v) is 7.40. The van der Waals surface area contributed by atoms with E-state index in [2.05, 4.69) is 0 Å². The fourth-order valence-corrected chi connectivity index (χ4v) is 0. The van der Waals surface area contributed by atoms with Crippen molar-refractivity contribution in [1.29, 1.82) is 0 Å². The molecule has 0 radical (unpaired) electrons. The lowest BCUT2D eigenvalue weighted by Crippen LogP contribution is -2.42. The Morgan fingerprint density at radius 2 is 1.33 bits per heavy atom. The summed E-state index contributed by atoms with van der Waals surface area (Å²) in [5.41, 5.74) is 0. The highest BCUT2D eigenvalue weighted by molar-refractivity contribution is 5.85. The van der Waals surface area contributed by atoms with Crippen LogP contribution in [-0.4, -0.2) is 37.0 Å². The van der Waals surface area contributed by atoms with Gasteiger partial charge in [-0.05, 0) is 0 Å². The van der Waals surface area contributed by atoms with E-state index in [1.807, 2.05) is 21.1 Å². The van der Waals surface area contributed by atoms with E-state index in [-0.39, 0.29) is 24.8 Å². The van der Waals surface area contributed by atoms with Gasteiger partial charge in [0.05, 0.1) is 21.1 Å². The number of aliphatic hydroxyl groups is 1. The Bertz CT molecular complexity index is 60.5. The molecule has 0 spiro atoms. The summed E-state index contributed by atoms with van der Waals surface area (Å²) in [5.74, 6) is 0. The van der Waals surface area contributed by atoms with Gasteiger partial charge < -0.3 is 15.7 Å². The van der Waals surface area contributed by atoms with Crippen LogP contribution in [0.25, 0.3) is 0 Å². The highest BCUT2D eigenvalue weighted by atomic mass is 35.5. The predicted molar refractivity (Wildman–Crippen MR) is 42.0 cm³/mol. The van der Waals surface area contributed by atoms with Gasteiger partial charge in [-0.3, -0.25) is 0 Å². The van der Waals surface area contributed by atoms with Gasteiger partial charge in [-0.15, -0.1) is 12.4 Å². The average Bonchev–Trinajstić information content (AvgIpc) is 1.31. The molecule has 1 unspecified atom stereocenters. The molecular weight excluding hydrogens is 140 g/mol. The number of quaternary nitrogens is 1. The molecule has 0 aliphatic rings. The van der Waals surface area contributed by atoms with E-state index >= 15 is 0 Å². The second-order valence-electron chi connectivity index (χ2n) is 2.75. The molecule has 60 valence electrons. The Kier molecular flexibility index (Phi) is 8.92. The van der Waals surface area contributed by atoms with Crippen molar-refractivity contribution >= 4 is 12.4 Å². The lowest BCUT2D eigenvalue weighted by molar-refractivity contribution is -0.916. The van der Waals surface area contributed by atoms with Crippen molar-refractivity contribution in [3.05, 3.63) is 0 Å². The van der Waals surface area contributed by atoms with Crippen LogP contribution in [0.5, 0.6) is 0 Å². The molecule has 0 aliphatic heterocycles. The third-order valence-electron chi connectivity index (χ3n) is 1.12. The number of hydrogen-bond acceptors (Lipinski definition) is 2. The molecule has 0 rings (SSSR count). The first-order chi connectivity index (χ1) is 2.94. The highest BCUT2D eigenvalue weighted by Gasteiger charge is 2.12. The maximum atomic E-state index is 8.86. The monoisotopic (exact) mass is 157 g/mol. The van der Waals surface area contributed by atoms with Gasteiger partial charge in [-0.25, -0.2) is 0 Å². The molecule has 4 N–H and O–H groups in total. The van der Waals surface area contributed by atoms with Crippen molar-refractivity contribution < 1.29 is 9.59 Å². The van der Waals surface area contributed by atoms with Crippen molar-refractivity contribution in [2.45, 2.75) is 13.2 Å². The molecule has 0 aromatic carbocycles. The molecule has 0 aliphatic carbocycles. The van der Waals surface area contributed by atoms with Gasteiger partial charge >= 0.3 is 0 Å². The van der Waals surface area contributed by atoms with Crippen molar-refractivity contribution in [1.82, 2.24) is 6.15 Å². The predicted octanol–water partition coefficient (Wildman–Crippen LogP) is 0.615. The molecule has 0 saturated heterocycles. The van der Waals surface area contributed by atoms with Crippen LogP contribution in [0.15, 0.2) is 0 Å². The number of rotatable bonds is 1. The number of nitrogens with zero attached hydrogens (tertiary/aromatic N) is 1. The third-order valence-corrected chi connectivity index (χ3v) is 1.12. The summed E-state index contributed by atoms with van der Waals surface area (Å²) >= 11 is 0. The van der Waals surface area contributed by atoms with E-state index < -0.39 is 0 Å². The van der Waals surface area contributed by atoms with Gasteiger partial charge in [0, 0.05) is 6.92 Å². The summed E-state index contributed by atoms with van der Waals surface area (Å²) in [6.07, 6.45) is -0.264. The number of halogens is 1. The Balaban J connectivity index is -0.000000180. The Morgan fingerprint density at radius 3 is 1.33 bits per heavy atom. The molecule has 1 atom stereocenters. The quantitative estimate of drug-likeness (QED) is 0.433. The van der Waals surface area contributed by atoms with E-state index in [1.54, 1.807) is 6.92 Å². The summed E-state index contributed by atoms with van der Waals surface area (Å²) < 4.78 is 0.611. The third kappa shape index (κ3) is 8.17. The molecule has 0 fully saturated rings. The van der Waals surface area contributed by atoms with E-state index in [9.17, 15) is 0 Å². The van der Waals surface area contributed by atoms with Crippen LogP contribution in [0, 0.1) is 0 Å². The minimum atomic E-state index is -0.264. The standard InChI is InChI=1S/C5H14NO.ClH.H3N/c1-5(7)6(2,3)4;;/h5,7H,1-4H3;1H;1H3/q+1;;. The number of hydrogen-bond donors (Lipinski definition) is 2. The van der Waals surface area contributed by atoms with Gasteiger partial charge in [0.2, 0.25) is 0 Å². The molecule has 4 heteroatoms. The van der Waals surface area contributed by atoms with Gasteiger partial charge in [0.25, 0.3) is 0 Å². The normalized spacial score (nSPS) is 13.0. The molecular formula is C5H18ClN2O+.